The van der Waals surface area contributed by atoms with E-state index >= 15 is 0 Å². The Hall–Kier alpha value is -3.04. The van der Waals surface area contributed by atoms with Gasteiger partial charge in [-0.3, -0.25) is 9.78 Å². The van der Waals surface area contributed by atoms with E-state index in [4.69, 9.17) is 0 Å². The second-order valence-electron chi connectivity index (χ2n) is 7.47. The van der Waals surface area contributed by atoms with Crippen LogP contribution in [0.5, 0.6) is 0 Å². The Kier molecular flexibility index (Phi) is 6.15. The first-order valence-electron chi connectivity index (χ1n) is 10.2. The zero-order valence-electron chi connectivity index (χ0n) is 17.4. The molecular formula is C22H25N5O3S. The van der Waals surface area contributed by atoms with E-state index in [2.05, 4.69) is 20.2 Å². The molecule has 2 aromatic heterocycles. The highest BCUT2D eigenvalue weighted by Gasteiger charge is 2.27. The van der Waals surface area contributed by atoms with Crippen LogP contribution in [0, 0.1) is 6.92 Å². The number of nitrogens with one attached hydrogen (secondary N) is 1. The van der Waals surface area contributed by atoms with Gasteiger partial charge in [-0.15, -0.1) is 0 Å². The first-order valence-corrected chi connectivity index (χ1v) is 11.8. The minimum Gasteiger partial charge on any atom is -0.354 e. The summed E-state index contributed by atoms with van der Waals surface area (Å²) >= 11 is 0. The molecule has 0 bridgehead atoms. The summed E-state index contributed by atoms with van der Waals surface area (Å²) in [5.41, 5.74) is 1.98. The van der Waals surface area contributed by atoms with E-state index in [0.29, 0.717) is 31.7 Å². The predicted molar refractivity (Wildman–Crippen MR) is 121 cm³/mol. The van der Waals surface area contributed by atoms with Crippen LogP contribution in [0.15, 0.2) is 54.7 Å². The SMILES string of the molecule is Cc1cc(C(=O)NCCS(=O)(=O)N2CCN(c3ccccn3)CC2)c2ccccc2n1. The molecule has 162 valence electrons. The average molecular weight is 440 g/mol. The summed E-state index contributed by atoms with van der Waals surface area (Å²) < 4.78 is 27.0. The van der Waals surface area contributed by atoms with Crippen molar-refractivity contribution in [1.29, 1.82) is 0 Å². The van der Waals surface area contributed by atoms with Crippen LogP contribution in [0.1, 0.15) is 16.1 Å². The van der Waals surface area contributed by atoms with Gasteiger partial charge < -0.3 is 10.2 Å². The molecular weight excluding hydrogens is 414 g/mol. The highest BCUT2D eigenvalue weighted by Crippen LogP contribution is 2.18. The van der Waals surface area contributed by atoms with E-state index in [-0.39, 0.29) is 18.2 Å². The Bertz CT molecular complexity index is 1180. The second-order valence-corrected chi connectivity index (χ2v) is 9.56. The number of pyridine rings is 2. The Morgan fingerprint density at radius 3 is 2.55 bits per heavy atom. The third-order valence-corrected chi connectivity index (χ3v) is 7.21. The number of carbonyl (C=O) groups excluding carboxylic acids is 1. The van der Waals surface area contributed by atoms with Crippen molar-refractivity contribution < 1.29 is 13.2 Å². The molecule has 0 unspecified atom stereocenters. The molecule has 0 radical (unpaired) electrons. The number of nitrogens with zero attached hydrogens (tertiary/aromatic N) is 4. The number of carbonyl (C=O) groups is 1. The van der Waals surface area contributed by atoms with Crippen molar-refractivity contribution in [3.05, 3.63) is 66.0 Å². The first-order chi connectivity index (χ1) is 14.9. The molecule has 3 heterocycles. The van der Waals surface area contributed by atoms with Gasteiger partial charge in [0.15, 0.2) is 0 Å². The highest BCUT2D eigenvalue weighted by atomic mass is 32.2. The fourth-order valence-electron chi connectivity index (χ4n) is 3.75. The fourth-order valence-corrected chi connectivity index (χ4v) is 5.09. The number of sulfonamides is 1. The minimum atomic E-state index is -3.46. The molecule has 0 atom stereocenters. The van der Waals surface area contributed by atoms with Crippen LogP contribution in [0.2, 0.25) is 0 Å². The number of aryl methyl sites for hydroxylation is 1. The van der Waals surface area contributed by atoms with Gasteiger partial charge in [0.1, 0.15) is 5.82 Å². The van der Waals surface area contributed by atoms with Crippen LogP contribution in [0.3, 0.4) is 0 Å². The Morgan fingerprint density at radius 1 is 1.06 bits per heavy atom. The average Bonchev–Trinajstić information content (AvgIpc) is 2.79. The molecule has 4 rings (SSSR count). The summed E-state index contributed by atoms with van der Waals surface area (Å²) in [7, 11) is -3.46. The summed E-state index contributed by atoms with van der Waals surface area (Å²) in [6.45, 7) is 3.87. The standard InChI is InChI=1S/C22H25N5O3S/c1-17-16-19(18-6-2-3-7-20(18)25-17)22(28)24-10-15-31(29,30)27-13-11-26(12-14-27)21-8-4-5-9-23-21/h2-9,16H,10-15H2,1H3,(H,24,28). The Morgan fingerprint density at radius 2 is 1.81 bits per heavy atom. The van der Waals surface area contributed by atoms with Gasteiger partial charge in [-0.25, -0.2) is 13.4 Å². The zero-order valence-corrected chi connectivity index (χ0v) is 18.2. The van der Waals surface area contributed by atoms with E-state index in [0.717, 1.165) is 22.4 Å². The van der Waals surface area contributed by atoms with Crippen molar-refractivity contribution in [2.24, 2.45) is 0 Å². The highest BCUT2D eigenvalue weighted by molar-refractivity contribution is 7.89. The molecule has 1 amide bonds. The van der Waals surface area contributed by atoms with E-state index in [9.17, 15) is 13.2 Å². The molecule has 0 aliphatic carbocycles. The molecule has 0 spiro atoms. The first kappa shape index (κ1) is 21.2. The van der Waals surface area contributed by atoms with E-state index in [1.54, 1.807) is 12.3 Å². The number of benzene rings is 1. The predicted octanol–water partition coefficient (Wildman–Crippen LogP) is 1.82. The van der Waals surface area contributed by atoms with Crippen molar-refractivity contribution in [1.82, 2.24) is 19.6 Å². The number of para-hydroxylation sites is 1. The number of rotatable bonds is 6. The molecule has 1 aliphatic rings. The summed E-state index contributed by atoms with van der Waals surface area (Å²) in [5, 5.41) is 3.50. The normalized spacial score (nSPS) is 15.2. The molecule has 0 saturated carbocycles. The molecule has 3 aromatic rings. The second kappa shape index (κ2) is 8.99. The quantitative estimate of drug-likeness (QED) is 0.630. The van der Waals surface area contributed by atoms with Gasteiger partial charge in [-0.2, -0.15) is 4.31 Å². The van der Waals surface area contributed by atoms with E-state index in [1.807, 2.05) is 49.4 Å². The van der Waals surface area contributed by atoms with Gasteiger partial charge in [-0.05, 0) is 31.2 Å². The molecule has 1 aliphatic heterocycles. The van der Waals surface area contributed by atoms with Crippen molar-refractivity contribution in [3.63, 3.8) is 0 Å². The summed E-state index contributed by atoms with van der Waals surface area (Å²) in [6.07, 6.45) is 1.73. The lowest BCUT2D eigenvalue weighted by atomic mass is 10.1. The summed E-state index contributed by atoms with van der Waals surface area (Å²) in [6, 6.07) is 14.8. The van der Waals surface area contributed by atoms with Gasteiger partial charge in [0.2, 0.25) is 10.0 Å². The zero-order chi connectivity index (χ0) is 21.8. The largest absolute Gasteiger partial charge is 0.354 e. The van der Waals surface area contributed by atoms with E-state index in [1.165, 1.54) is 4.31 Å². The van der Waals surface area contributed by atoms with Gasteiger partial charge in [0.05, 0.1) is 16.8 Å². The van der Waals surface area contributed by atoms with Gasteiger partial charge in [-0.1, -0.05) is 24.3 Å². The Labute approximate surface area is 182 Å². The molecule has 8 nitrogen and oxygen atoms in total. The lowest BCUT2D eigenvalue weighted by Gasteiger charge is -2.34. The van der Waals surface area contributed by atoms with Gasteiger partial charge in [0, 0.05) is 50.0 Å². The molecule has 31 heavy (non-hydrogen) atoms. The summed E-state index contributed by atoms with van der Waals surface area (Å²) in [4.78, 5) is 23.5. The van der Waals surface area contributed by atoms with Crippen molar-refractivity contribution >= 4 is 32.7 Å². The van der Waals surface area contributed by atoms with Crippen molar-refractivity contribution in [3.8, 4) is 0 Å². The minimum absolute atomic E-state index is 0.0529. The third kappa shape index (κ3) is 4.83. The third-order valence-electron chi connectivity index (χ3n) is 5.34. The lowest BCUT2D eigenvalue weighted by molar-refractivity contribution is 0.0957. The number of anilines is 1. The number of hydrogen-bond donors (Lipinski definition) is 1. The number of piperazine rings is 1. The van der Waals surface area contributed by atoms with Crippen LogP contribution in [0.4, 0.5) is 5.82 Å². The van der Waals surface area contributed by atoms with Crippen LogP contribution in [-0.4, -0.2) is 67.1 Å². The maximum atomic E-state index is 12.7. The number of aromatic nitrogens is 2. The van der Waals surface area contributed by atoms with Crippen LogP contribution in [0.25, 0.3) is 10.9 Å². The molecule has 1 N–H and O–H groups in total. The van der Waals surface area contributed by atoms with Crippen LogP contribution >= 0.6 is 0 Å². The maximum absolute atomic E-state index is 12.7. The van der Waals surface area contributed by atoms with Crippen LogP contribution < -0.4 is 10.2 Å². The van der Waals surface area contributed by atoms with E-state index < -0.39 is 10.0 Å². The topological polar surface area (TPSA) is 95.5 Å². The van der Waals surface area contributed by atoms with Gasteiger partial charge >= 0.3 is 0 Å². The number of hydrogen-bond acceptors (Lipinski definition) is 6. The molecule has 1 fully saturated rings. The van der Waals surface area contributed by atoms with Crippen molar-refractivity contribution in [2.45, 2.75) is 6.92 Å². The number of fused-ring (bicyclic) bond motifs is 1. The van der Waals surface area contributed by atoms with Crippen molar-refractivity contribution in [2.75, 3.05) is 43.4 Å². The van der Waals surface area contributed by atoms with Crippen LogP contribution in [-0.2, 0) is 10.0 Å². The van der Waals surface area contributed by atoms with Gasteiger partial charge in [0.25, 0.3) is 5.91 Å². The molecule has 1 saturated heterocycles. The summed E-state index contributed by atoms with van der Waals surface area (Å²) in [5.74, 6) is 0.424. The molecule has 9 heteroatoms. The fraction of sp³-hybridized carbons (Fsp3) is 0.318. The maximum Gasteiger partial charge on any atom is 0.252 e. The smallest absolute Gasteiger partial charge is 0.252 e. The Balaban J connectivity index is 1.34. The molecule has 1 aromatic carbocycles. The lowest BCUT2D eigenvalue weighted by Crippen LogP contribution is -2.50. The monoisotopic (exact) mass is 439 g/mol. The number of amides is 1.